The first-order valence-electron chi connectivity index (χ1n) is 12.0. The molecule has 2 aromatic heterocycles. The maximum Gasteiger partial charge on any atom is 0.281 e. The van der Waals surface area contributed by atoms with Gasteiger partial charge in [0.2, 0.25) is 0 Å². The molecule has 9 nitrogen and oxygen atoms in total. The third kappa shape index (κ3) is 5.37. The lowest BCUT2D eigenvalue weighted by molar-refractivity contribution is 0.0981. The molecule has 0 bridgehead atoms. The Bertz CT molecular complexity index is 1560. The first-order valence-corrected chi connectivity index (χ1v) is 13.5. The Morgan fingerprint density at radius 2 is 1.84 bits per heavy atom. The van der Waals surface area contributed by atoms with Gasteiger partial charge in [0.15, 0.2) is 5.03 Å². The first-order chi connectivity index (χ1) is 18.2. The summed E-state index contributed by atoms with van der Waals surface area (Å²) in [7, 11) is -4.18. The zero-order chi connectivity index (χ0) is 26.9. The lowest BCUT2D eigenvalue weighted by Crippen LogP contribution is -2.32. The number of pyridine rings is 1. The van der Waals surface area contributed by atoms with Gasteiger partial charge in [0, 0.05) is 24.7 Å². The number of aromatic amines is 1. The van der Waals surface area contributed by atoms with Crippen LogP contribution in [-0.2, 0) is 23.1 Å². The highest BCUT2D eigenvalue weighted by atomic mass is 32.2. The normalized spacial score (nSPS) is 13.0. The quantitative estimate of drug-likeness (QED) is 0.346. The van der Waals surface area contributed by atoms with Gasteiger partial charge >= 0.3 is 0 Å². The fourth-order valence-electron chi connectivity index (χ4n) is 4.19. The molecular formula is C27H26FN5O4S. The van der Waals surface area contributed by atoms with E-state index >= 15 is 0 Å². The maximum absolute atomic E-state index is 14.5. The van der Waals surface area contributed by atoms with Gasteiger partial charge in [-0.25, -0.2) is 14.1 Å². The van der Waals surface area contributed by atoms with Crippen LogP contribution in [0, 0.1) is 11.7 Å². The van der Waals surface area contributed by atoms with Crippen LogP contribution in [0.3, 0.4) is 0 Å². The molecular weight excluding hydrogens is 509 g/mol. The highest BCUT2D eigenvalue weighted by molar-refractivity contribution is 7.90. The summed E-state index contributed by atoms with van der Waals surface area (Å²) in [5.41, 5.74) is 3.10. The predicted molar refractivity (Wildman–Crippen MR) is 140 cm³/mol. The van der Waals surface area contributed by atoms with Crippen molar-refractivity contribution in [1.29, 1.82) is 0 Å². The highest BCUT2D eigenvalue weighted by Crippen LogP contribution is 2.33. The van der Waals surface area contributed by atoms with Crippen molar-refractivity contribution < 1.29 is 22.3 Å². The molecule has 0 saturated carbocycles. The smallest absolute Gasteiger partial charge is 0.281 e. The van der Waals surface area contributed by atoms with Gasteiger partial charge in [-0.05, 0) is 47.4 Å². The molecule has 0 spiro atoms. The highest BCUT2D eigenvalue weighted by Gasteiger charge is 2.28. The molecule has 0 radical (unpaired) electrons. The Labute approximate surface area is 219 Å². The van der Waals surface area contributed by atoms with E-state index in [0.717, 1.165) is 11.1 Å². The average Bonchev–Trinajstić information content (AvgIpc) is 3.57. The Balaban J connectivity index is 1.53. The molecule has 0 fully saturated rings. The van der Waals surface area contributed by atoms with Crippen LogP contribution >= 0.6 is 0 Å². The van der Waals surface area contributed by atoms with Crippen LogP contribution in [0.2, 0.25) is 0 Å². The van der Waals surface area contributed by atoms with E-state index in [1.165, 1.54) is 30.5 Å². The molecule has 4 aromatic rings. The molecule has 0 unspecified atom stereocenters. The number of hydrogen-bond acceptors (Lipinski definition) is 7. The number of sulfonamides is 1. The van der Waals surface area contributed by atoms with E-state index in [4.69, 9.17) is 9.72 Å². The predicted octanol–water partition coefficient (Wildman–Crippen LogP) is 4.28. The second-order valence-electron chi connectivity index (χ2n) is 9.43. The summed E-state index contributed by atoms with van der Waals surface area (Å²) in [5, 5.41) is 5.75. The van der Waals surface area contributed by atoms with Crippen molar-refractivity contribution in [2.24, 2.45) is 5.92 Å². The van der Waals surface area contributed by atoms with Crippen molar-refractivity contribution >= 4 is 21.7 Å². The second kappa shape index (κ2) is 10.3. The number of hydrogen-bond donors (Lipinski definition) is 2. The molecule has 196 valence electrons. The molecule has 0 saturated heterocycles. The molecule has 0 atom stereocenters. The fourth-order valence-corrected chi connectivity index (χ4v) is 5.07. The number of nitrogens with one attached hydrogen (secondary N) is 2. The number of benzene rings is 2. The average molecular weight is 536 g/mol. The Hall–Kier alpha value is -4.25. The first kappa shape index (κ1) is 25.4. The standard InChI is InChI=1S/C27H26FN5O4S/c1-17(2)16-37-22-12-20(11-21(28)13-22)24-8-7-23(27(34)32-38(35,36)25-9-10-29-31-25)26(30-24)33-14-18-5-3-4-6-19(18)15-33/h3-13,17H,14-16H2,1-2H3,(H,29,31)(H,32,34). The third-order valence-corrected chi connectivity index (χ3v) is 7.26. The fraction of sp³-hybridized carbons (Fsp3) is 0.222. The molecule has 2 aromatic carbocycles. The molecule has 2 N–H and O–H groups in total. The number of carbonyl (C=O) groups excluding carboxylic acids is 1. The van der Waals surface area contributed by atoms with E-state index in [1.807, 2.05) is 43.0 Å². The SMILES string of the molecule is CC(C)COc1cc(F)cc(-c2ccc(C(=O)NS(=O)(=O)c3ccn[nH]3)c(N3Cc4ccccc4C3)n2)c1. The third-order valence-electron chi connectivity index (χ3n) is 6.00. The van der Waals surface area contributed by atoms with E-state index in [-0.39, 0.29) is 22.3 Å². The summed E-state index contributed by atoms with van der Waals surface area (Å²) >= 11 is 0. The van der Waals surface area contributed by atoms with Crippen molar-refractivity contribution in [2.45, 2.75) is 32.0 Å². The summed E-state index contributed by atoms with van der Waals surface area (Å²) < 4.78 is 47.6. The van der Waals surface area contributed by atoms with Crippen LogP contribution in [0.4, 0.5) is 10.2 Å². The van der Waals surface area contributed by atoms with Crippen molar-refractivity contribution in [3.8, 4) is 17.0 Å². The van der Waals surface area contributed by atoms with Crippen LogP contribution in [-0.4, -0.2) is 36.1 Å². The van der Waals surface area contributed by atoms with Crippen LogP contribution in [0.25, 0.3) is 11.3 Å². The maximum atomic E-state index is 14.5. The summed E-state index contributed by atoms with van der Waals surface area (Å²) in [5.74, 6) is -0.405. The van der Waals surface area contributed by atoms with E-state index in [2.05, 4.69) is 14.9 Å². The van der Waals surface area contributed by atoms with Gasteiger partial charge in [-0.1, -0.05) is 38.1 Å². The molecule has 3 heterocycles. The summed E-state index contributed by atoms with van der Waals surface area (Å²) in [4.78, 5) is 19.9. The summed E-state index contributed by atoms with van der Waals surface area (Å²) in [6, 6.07) is 16.5. The van der Waals surface area contributed by atoms with Gasteiger partial charge in [0.1, 0.15) is 17.4 Å². The zero-order valence-corrected chi connectivity index (χ0v) is 21.6. The van der Waals surface area contributed by atoms with Crippen LogP contribution in [0.15, 0.2) is 71.9 Å². The van der Waals surface area contributed by atoms with Crippen molar-refractivity contribution in [3.05, 3.63) is 89.4 Å². The number of halogens is 1. The van der Waals surface area contributed by atoms with E-state index in [1.54, 1.807) is 12.1 Å². The number of aromatic nitrogens is 3. The molecule has 38 heavy (non-hydrogen) atoms. The molecule has 11 heteroatoms. The van der Waals surface area contributed by atoms with Crippen molar-refractivity contribution in [1.82, 2.24) is 19.9 Å². The number of fused-ring (bicyclic) bond motifs is 1. The topological polar surface area (TPSA) is 117 Å². The molecule has 1 amide bonds. The van der Waals surface area contributed by atoms with E-state index in [9.17, 15) is 17.6 Å². The van der Waals surface area contributed by atoms with Gasteiger partial charge < -0.3 is 9.64 Å². The van der Waals surface area contributed by atoms with Gasteiger partial charge in [-0.2, -0.15) is 13.5 Å². The lowest BCUT2D eigenvalue weighted by Gasteiger charge is -2.21. The second-order valence-corrected chi connectivity index (χ2v) is 11.1. The van der Waals surface area contributed by atoms with Crippen molar-refractivity contribution in [3.63, 3.8) is 0 Å². The number of amides is 1. The largest absolute Gasteiger partial charge is 0.493 e. The number of carbonyl (C=O) groups is 1. The van der Waals surface area contributed by atoms with Gasteiger partial charge in [0.25, 0.3) is 15.9 Å². The Kier molecular flexibility index (Phi) is 6.85. The number of anilines is 1. The molecule has 1 aliphatic rings. The number of H-pyrrole nitrogens is 1. The van der Waals surface area contributed by atoms with Crippen molar-refractivity contribution in [2.75, 3.05) is 11.5 Å². The van der Waals surface area contributed by atoms with Crippen LogP contribution < -0.4 is 14.4 Å². The number of rotatable bonds is 8. The summed E-state index contributed by atoms with van der Waals surface area (Å²) in [6.45, 7) is 5.38. The Morgan fingerprint density at radius 3 is 2.50 bits per heavy atom. The Morgan fingerprint density at radius 1 is 1.11 bits per heavy atom. The van der Waals surface area contributed by atoms with Gasteiger partial charge in [0.05, 0.1) is 24.1 Å². The minimum absolute atomic E-state index is 0.0670. The van der Waals surface area contributed by atoms with E-state index < -0.39 is 21.7 Å². The number of nitrogens with zero attached hydrogens (tertiary/aromatic N) is 3. The van der Waals surface area contributed by atoms with Gasteiger partial charge in [-0.15, -0.1) is 0 Å². The lowest BCUT2D eigenvalue weighted by atomic mass is 10.1. The van der Waals surface area contributed by atoms with Gasteiger partial charge in [-0.3, -0.25) is 9.89 Å². The van der Waals surface area contributed by atoms with Crippen LogP contribution in [0.1, 0.15) is 35.3 Å². The summed E-state index contributed by atoms with van der Waals surface area (Å²) in [6.07, 6.45) is 1.28. The minimum atomic E-state index is -4.18. The minimum Gasteiger partial charge on any atom is -0.493 e. The number of ether oxygens (including phenoxy) is 1. The van der Waals surface area contributed by atoms with E-state index in [0.29, 0.717) is 36.7 Å². The van der Waals surface area contributed by atoms with Crippen LogP contribution in [0.5, 0.6) is 5.75 Å². The monoisotopic (exact) mass is 535 g/mol. The zero-order valence-electron chi connectivity index (χ0n) is 20.8. The molecule has 5 rings (SSSR count). The molecule has 1 aliphatic heterocycles. The molecule has 0 aliphatic carbocycles.